The molecule has 1 aromatic rings. The topological polar surface area (TPSA) is 19.4 Å². The summed E-state index contributed by atoms with van der Waals surface area (Å²) in [5.41, 5.74) is 1.98. The third-order valence-electron chi connectivity index (χ3n) is 3.46. The molecule has 3 heteroatoms. The fourth-order valence-electron chi connectivity index (χ4n) is 3.06. The van der Waals surface area contributed by atoms with Crippen LogP contribution in [0.3, 0.4) is 0 Å². The first-order valence-electron chi connectivity index (χ1n) is 5.56. The summed E-state index contributed by atoms with van der Waals surface area (Å²) in [6.45, 7) is 6.19. The predicted octanol–water partition coefficient (Wildman–Crippen LogP) is 0.829. The molecule has 3 nitrogen and oxygen atoms in total. The summed E-state index contributed by atoms with van der Waals surface area (Å²) in [6.07, 6.45) is 3.81. The maximum absolute atomic E-state index is 4.14. The minimum Gasteiger partial charge on any atom is -0.305 e. The summed E-state index contributed by atoms with van der Waals surface area (Å²) in [6, 6.07) is 4.17. The molecule has 0 N–H and O–H groups in total. The molecule has 3 heterocycles. The molecule has 80 valence electrons. The number of likely N-dealkylation sites (tertiary alicyclic amines) is 2. The predicted molar refractivity (Wildman–Crippen MR) is 59.4 cm³/mol. The second-order valence-corrected chi connectivity index (χ2v) is 5.18. The minimum absolute atomic E-state index is 0.650. The van der Waals surface area contributed by atoms with Crippen LogP contribution in [0.1, 0.15) is 5.56 Å². The number of nitrogens with zero attached hydrogens (tertiary/aromatic N) is 3. The first kappa shape index (κ1) is 9.31. The van der Waals surface area contributed by atoms with E-state index in [1.165, 1.54) is 31.7 Å². The van der Waals surface area contributed by atoms with Crippen molar-refractivity contribution in [1.29, 1.82) is 0 Å². The van der Waals surface area contributed by atoms with E-state index in [0.29, 0.717) is 5.41 Å². The first-order chi connectivity index (χ1) is 7.26. The lowest BCUT2D eigenvalue weighted by Gasteiger charge is -2.59. The van der Waals surface area contributed by atoms with Gasteiger partial charge in [-0.25, -0.2) is 0 Å². The largest absolute Gasteiger partial charge is 0.305 e. The Morgan fingerprint density at radius 1 is 1.33 bits per heavy atom. The number of rotatable bonds is 2. The Hall–Kier alpha value is -0.930. The van der Waals surface area contributed by atoms with Crippen molar-refractivity contribution in [3.63, 3.8) is 0 Å². The van der Waals surface area contributed by atoms with Gasteiger partial charge in [-0.3, -0.25) is 9.88 Å². The number of hydrogen-bond donors (Lipinski definition) is 0. The van der Waals surface area contributed by atoms with Crippen LogP contribution in [0.15, 0.2) is 24.5 Å². The zero-order chi connectivity index (χ0) is 10.3. The van der Waals surface area contributed by atoms with Crippen molar-refractivity contribution in [1.82, 2.24) is 14.8 Å². The molecular weight excluding hydrogens is 186 g/mol. The van der Waals surface area contributed by atoms with Crippen molar-refractivity contribution in [2.45, 2.75) is 6.54 Å². The normalized spacial score (nSPS) is 24.9. The molecule has 2 aliphatic rings. The highest BCUT2D eigenvalue weighted by molar-refractivity contribution is 5.11. The van der Waals surface area contributed by atoms with Gasteiger partial charge in [-0.15, -0.1) is 0 Å². The summed E-state index contributed by atoms with van der Waals surface area (Å²) in [7, 11) is 2.20. The molecule has 0 atom stereocenters. The maximum Gasteiger partial charge on any atom is 0.0312 e. The average molecular weight is 203 g/mol. The summed E-state index contributed by atoms with van der Waals surface area (Å²) in [5, 5.41) is 0. The molecule has 1 spiro atoms. The Bertz CT molecular complexity index is 335. The van der Waals surface area contributed by atoms with E-state index in [-0.39, 0.29) is 0 Å². The Morgan fingerprint density at radius 2 is 2.13 bits per heavy atom. The van der Waals surface area contributed by atoms with Gasteiger partial charge in [-0.05, 0) is 18.7 Å². The van der Waals surface area contributed by atoms with E-state index in [1.807, 2.05) is 18.5 Å². The highest BCUT2D eigenvalue weighted by Gasteiger charge is 2.49. The average Bonchev–Trinajstić information content (AvgIpc) is 2.14. The molecule has 2 saturated heterocycles. The van der Waals surface area contributed by atoms with Crippen molar-refractivity contribution in [3.05, 3.63) is 30.1 Å². The molecule has 2 fully saturated rings. The van der Waals surface area contributed by atoms with Gasteiger partial charge < -0.3 is 4.90 Å². The maximum atomic E-state index is 4.14. The van der Waals surface area contributed by atoms with Crippen molar-refractivity contribution >= 4 is 0 Å². The van der Waals surface area contributed by atoms with Gasteiger partial charge in [0, 0.05) is 50.5 Å². The van der Waals surface area contributed by atoms with Gasteiger partial charge in [0.2, 0.25) is 0 Å². The van der Waals surface area contributed by atoms with Crippen LogP contribution in [0.25, 0.3) is 0 Å². The molecule has 15 heavy (non-hydrogen) atoms. The van der Waals surface area contributed by atoms with E-state index in [9.17, 15) is 0 Å². The van der Waals surface area contributed by atoms with Crippen LogP contribution in [0.5, 0.6) is 0 Å². The molecule has 0 aromatic carbocycles. The summed E-state index contributed by atoms with van der Waals surface area (Å²) < 4.78 is 0. The van der Waals surface area contributed by atoms with Crippen LogP contribution in [-0.4, -0.2) is 48.0 Å². The van der Waals surface area contributed by atoms with Crippen molar-refractivity contribution in [2.24, 2.45) is 5.41 Å². The van der Waals surface area contributed by atoms with Crippen LogP contribution in [-0.2, 0) is 6.54 Å². The Labute approximate surface area is 90.7 Å². The van der Waals surface area contributed by atoms with E-state index < -0.39 is 0 Å². The van der Waals surface area contributed by atoms with Gasteiger partial charge in [-0.2, -0.15) is 0 Å². The molecule has 0 bridgehead atoms. The standard InChI is InChI=1S/C12H17N3/c1-14-7-12(8-14)9-15(10-12)6-11-3-2-4-13-5-11/h2-5H,6-10H2,1H3. The van der Waals surface area contributed by atoms with Crippen LogP contribution >= 0.6 is 0 Å². The highest BCUT2D eigenvalue weighted by atomic mass is 15.3. The fourth-order valence-corrected chi connectivity index (χ4v) is 3.06. The third kappa shape index (κ3) is 1.66. The van der Waals surface area contributed by atoms with Gasteiger partial charge in [-0.1, -0.05) is 6.07 Å². The molecule has 0 aliphatic carbocycles. The van der Waals surface area contributed by atoms with Gasteiger partial charge in [0.05, 0.1) is 0 Å². The van der Waals surface area contributed by atoms with E-state index in [2.05, 4.69) is 27.9 Å². The lowest BCUT2D eigenvalue weighted by atomic mass is 9.73. The molecule has 0 amide bonds. The van der Waals surface area contributed by atoms with Gasteiger partial charge >= 0.3 is 0 Å². The summed E-state index contributed by atoms with van der Waals surface area (Å²) in [5.74, 6) is 0. The quantitative estimate of drug-likeness (QED) is 0.709. The monoisotopic (exact) mass is 203 g/mol. The first-order valence-corrected chi connectivity index (χ1v) is 5.56. The second-order valence-electron chi connectivity index (χ2n) is 5.18. The minimum atomic E-state index is 0.650. The zero-order valence-corrected chi connectivity index (χ0v) is 9.19. The number of pyridine rings is 1. The molecule has 3 rings (SSSR count). The Balaban J connectivity index is 1.52. The van der Waals surface area contributed by atoms with Crippen LogP contribution in [0, 0.1) is 5.41 Å². The smallest absolute Gasteiger partial charge is 0.0312 e. The summed E-state index contributed by atoms with van der Waals surface area (Å²) in [4.78, 5) is 9.07. The molecular formula is C12H17N3. The van der Waals surface area contributed by atoms with E-state index in [0.717, 1.165) is 6.54 Å². The molecule has 2 aliphatic heterocycles. The SMILES string of the molecule is CN1CC2(C1)CN(Cc1cccnc1)C2. The van der Waals surface area contributed by atoms with Crippen molar-refractivity contribution in [3.8, 4) is 0 Å². The molecule has 0 saturated carbocycles. The fraction of sp³-hybridized carbons (Fsp3) is 0.583. The lowest BCUT2D eigenvalue weighted by molar-refractivity contribution is -0.108. The van der Waals surface area contributed by atoms with Crippen molar-refractivity contribution in [2.75, 3.05) is 33.2 Å². The molecule has 0 unspecified atom stereocenters. The van der Waals surface area contributed by atoms with Gasteiger partial charge in [0.25, 0.3) is 0 Å². The van der Waals surface area contributed by atoms with Crippen LogP contribution < -0.4 is 0 Å². The third-order valence-corrected chi connectivity index (χ3v) is 3.46. The Kier molecular flexibility index (Phi) is 2.04. The van der Waals surface area contributed by atoms with E-state index in [1.54, 1.807) is 0 Å². The Morgan fingerprint density at radius 3 is 2.73 bits per heavy atom. The molecule has 0 radical (unpaired) electrons. The second kappa shape index (κ2) is 3.29. The van der Waals surface area contributed by atoms with Crippen LogP contribution in [0.2, 0.25) is 0 Å². The van der Waals surface area contributed by atoms with Crippen molar-refractivity contribution < 1.29 is 0 Å². The lowest BCUT2D eigenvalue weighted by Crippen LogP contribution is -2.70. The summed E-state index contributed by atoms with van der Waals surface area (Å²) >= 11 is 0. The number of hydrogen-bond acceptors (Lipinski definition) is 3. The van der Waals surface area contributed by atoms with Gasteiger partial charge in [0.15, 0.2) is 0 Å². The number of aromatic nitrogens is 1. The zero-order valence-electron chi connectivity index (χ0n) is 9.19. The van der Waals surface area contributed by atoms with E-state index >= 15 is 0 Å². The highest BCUT2D eigenvalue weighted by Crippen LogP contribution is 2.39. The molecule has 1 aromatic heterocycles. The van der Waals surface area contributed by atoms with Gasteiger partial charge in [0.1, 0.15) is 0 Å². The van der Waals surface area contributed by atoms with Crippen LogP contribution in [0.4, 0.5) is 0 Å². The van der Waals surface area contributed by atoms with E-state index in [4.69, 9.17) is 0 Å².